The van der Waals surface area contributed by atoms with Crippen LogP contribution >= 0.6 is 68.8 Å². The van der Waals surface area contributed by atoms with E-state index in [2.05, 4.69) is 21.3 Å². The predicted molar refractivity (Wildman–Crippen MR) is 471 cm³/mol. The first-order chi connectivity index (χ1) is 57.9. The highest BCUT2D eigenvalue weighted by atomic mass is 35.5. The Bertz CT molecular complexity index is 5700. The first-order valence-corrected chi connectivity index (χ1v) is 43.7. The number of carbonyl (C=O) groups excluding carboxylic acids is 4. The van der Waals surface area contributed by atoms with Crippen molar-refractivity contribution in [2.75, 3.05) is 33.5 Å². The highest BCUT2D eigenvalue weighted by Crippen LogP contribution is 2.44. The Kier molecular flexibility index (Phi) is 29.0. The molecule has 3 aliphatic rings. The lowest BCUT2D eigenvalue weighted by Gasteiger charge is -2.37. The van der Waals surface area contributed by atoms with Crippen molar-refractivity contribution in [1.82, 2.24) is 30.7 Å². The quantitative estimate of drug-likeness (QED) is 0.0331. The van der Waals surface area contributed by atoms with E-state index in [9.17, 15) is 55.0 Å². The summed E-state index contributed by atoms with van der Waals surface area (Å²) < 4.78 is 127. The van der Waals surface area contributed by atoms with Gasteiger partial charge in [0.15, 0.2) is 6.10 Å². The van der Waals surface area contributed by atoms with Gasteiger partial charge in [-0.25, -0.2) is 17.6 Å². The number of aliphatic hydroxyl groups is 1. The number of thiophene rings is 3. The summed E-state index contributed by atoms with van der Waals surface area (Å²) in [6, 6.07) is 53.2. The zero-order valence-corrected chi connectivity index (χ0v) is 71.9. The predicted octanol–water partition coefficient (Wildman–Crippen LogP) is 24.5. The second-order valence-corrected chi connectivity index (χ2v) is 35.3. The first-order valence-electron chi connectivity index (χ1n) is 40.1. The van der Waals surface area contributed by atoms with Crippen LogP contribution in [0, 0.1) is 30.2 Å². The van der Waals surface area contributed by atoms with E-state index in [1.54, 1.807) is 24.3 Å². The molecule has 1 atom stereocenters. The van der Waals surface area contributed by atoms with Crippen molar-refractivity contribution < 1.29 is 63.8 Å². The zero-order valence-electron chi connectivity index (χ0n) is 67.2. The molecular formula is C94H91Cl3F9N7O5S3. The van der Waals surface area contributed by atoms with E-state index in [-0.39, 0.29) is 91.6 Å². The fourth-order valence-corrected chi connectivity index (χ4v) is 20.8. The number of Topliss-reactive ketones (excluding diaryl/α,β-unsaturated/α-hetero) is 1. The van der Waals surface area contributed by atoms with E-state index >= 15 is 8.78 Å². The molecule has 27 heteroatoms. The molecule has 1 unspecified atom stereocenters. The fourth-order valence-electron chi connectivity index (χ4n) is 16.3. The topological polar surface area (TPSA) is 146 Å². The van der Waals surface area contributed by atoms with Gasteiger partial charge >= 0.3 is 12.1 Å². The molecule has 5 N–H and O–H groups in total. The van der Waals surface area contributed by atoms with Crippen LogP contribution in [0.25, 0.3) is 63.6 Å². The smallest absolute Gasteiger partial charge is 0.388 e. The van der Waals surface area contributed by atoms with Gasteiger partial charge in [0.25, 0.3) is 17.7 Å². The van der Waals surface area contributed by atoms with Crippen LogP contribution in [0.3, 0.4) is 0 Å². The lowest BCUT2D eigenvalue weighted by molar-refractivity contribution is -0.206. The zero-order chi connectivity index (χ0) is 86.3. The van der Waals surface area contributed by atoms with Gasteiger partial charge in [-0.2, -0.15) is 22.0 Å². The number of carbonyl (C=O) groups is 4. The molecular weight excluding hydrogens is 1680 g/mol. The molecule has 15 rings (SSSR count). The van der Waals surface area contributed by atoms with Gasteiger partial charge in [0.05, 0.1) is 25.2 Å². The Balaban J connectivity index is 0.000000157. The van der Waals surface area contributed by atoms with Crippen LogP contribution in [0.2, 0.25) is 15.1 Å². The number of amides is 3. The lowest BCUT2D eigenvalue weighted by atomic mass is 9.89. The molecule has 3 amide bonds. The van der Waals surface area contributed by atoms with Crippen LogP contribution in [-0.4, -0.2) is 120 Å². The Labute approximate surface area is 724 Å². The van der Waals surface area contributed by atoms with Crippen LogP contribution in [0.15, 0.2) is 188 Å². The lowest BCUT2D eigenvalue weighted by Crippen LogP contribution is -2.44. The van der Waals surface area contributed by atoms with Gasteiger partial charge in [-0.3, -0.25) is 19.2 Å². The highest BCUT2D eigenvalue weighted by Gasteiger charge is 2.41. The maximum absolute atomic E-state index is 15.3. The van der Waals surface area contributed by atoms with Gasteiger partial charge in [0.2, 0.25) is 5.78 Å². The molecule has 3 aliphatic carbocycles. The standard InChI is InChI=1S/C32H28ClF5N2O2S.C32H32ClF3N2O2S.C30H31ClFN3OS/c1-32(37,38)30(41)18-5-3-17(4-6-18)19-7-12-23(34)20(15-19)16-40(22-10-8-21(39-2)9-11-22)31(42)29-27(33)26-24(35)13-14-25(36)28(26)43-29;1-19-7-8-22(20-9-11-21(12-10-20)30(39)32(34,35)36)17-23(19)18-38(25-15-13-24(37-2)14-16-25)31(40)29-28(33)26-5-3-4-6-27(26)41-29;1-33-22-10-7-19(8-11-22)20-9-16-26(32)21(17-20)18-35(24-14-12-23(34-2)13-15-24)30(36)29-28(31)25-5-3-4-6-27(25)37-29/h3-7,12-15,21-22,39H,8-11,16H2,1-2H3;3-12,17,24-25,30,37,39H,13-16,18H2,1-2H3;3-11,16-17,23-24,33-34H,12-15,18H2,1-2H3. The van der Waals surface area contributed by atoms with Crippen molar-refractivity contribution in [3.8, 4) is 33.4 Å². The number of aliphatic hydroxyl groups excluding tert-OH is 1. The van der Waals surface area contributed by atoms with Crippen molar-refractivity contribution in [3.05, 3.63) is 274 Å². The number of aryl methyl sites for hydroxylation is 1. The largest absolute Gasteiger partial charge is 0.418 e. The van der Waals surface area contributed by atoms with Gasteiger partial charge in [-0.15, -0.1) is 34.0 Å². The Hall–Kier alpha value is -9.18. The molecule has 3 fully saturated rings. The number of benzene rings is 9. The van der Waals surface area contributed by atoms with Crippen molar-refractivity contribution in [2.24, 2.45) is 0 Å². The van der Waals surface area contributed by atoms with E-state index < -0.39 is 47.3 Å². The molecule has 9 aromatic carbocycles. The van der Waals surface area contributed by atoms with Crippen LogP contribution < -0.4 is 21.3 Å². The Morgan fingerprint density at radius 2 is 0.793 bits per heavy atom. The maximum Gasteiger partial charge on any atom is 0.418 e. The summed E-state index contributed by atoms with van der Waals surface area (Å²) in [5.74, 6) is -7.89. The number of nitrogens with one attached hydrogen (secondary N) is 4. The third-order valence-electron chi connectivity index (χ3n) is 23.5. The molecule has 12 nitrogen and oxygen atoms in total. The number of halogens is 12. The first kappa shape index (κ1) is 89.6. The van der Waals surface area contributed by atoms with Gasteiger partial charge in [0, 0.05) is 112 Å². The van der Waals surface area contributed by atoms with E-state index in [0.29, 0.717) is 74.9 Å². The van der Waals surface area contributed by atoms with Crippen molar-refractivity contribution in [3.63, 3.8) is 0 Å². The number of nitrogens with zero attached hydrogens (tertiary/aromatic N) is 3. The monoisotopic (exact) mass is 1770 g/mol. The van der Waals surface area contributed by atoms with Gasteiger partial charge in [-0.1, -0.05) is 156 Å². The molecule has 3 heterocycles. The summed E-state index contributed by atoms with van der Waals surface area (Å²) in [5.41, 5.74) is 7.92. The summed E-state index contributed by atoms with van der Waals surface area (Å²) in [6.45, 7) is 2.98. The molecule has 0 bridgehead atoms. The van der Waals surface area contributed by atoms with Crippen molar-refractivity contribution in [1.29, 1.82) is 0 Å². The molecule has 634 valence electrons. The normalized spacial score (nSPS) is 17.8. The number of rotatable bonds is 22. The highest BCUT2D eigenvalue weighted by molar-refractivity contribution is 7.22. The number of fused-ring (bicyclic) bond motifs is 3. The molecule has 0 saturated heterocycles. The second-order valence-electron chi connectivity index (χ2n) is 31.1. The average Bonchev–Trinajstić information content (AvgIpc) is 1.63. The van der Waals surface area contributed by atoms with Crippen LogP contribution in [0.4, 0.5) is 45.2 Å². The Morgan fingerprint density at radius 1 is 0.438 bits per heavy atom. The molecule has 0 aliphatic heterocycles. The van der Waals surface area contributed by atoms with Gasteiger partial charge in [-0.05, 0) is 222 Å². The minimum absolute atomic E-state index is 0.0244. The van der Waals surface area contributed by atoms with E-state index in [1.807, 2.05) is 142 Å². The van der Waals surface area contributed by atoms with Gasteiger partial charge in [0.1, 0.15) is 37.9 Å². The van der Waals surface area contributed by atoms with Gasteiger partial charge < -0.3 is 41.1 Å². The molecule has 121 heavy (non-hydrogen) atoms. The SMILES string of the molecule is CNC1CCC(N(Cc2cc(-c3ccc(C(=O)C(C)(F)F)cc3)ccc2F)C(=O)c2sc3c(F)ccc(F)c3c2Cl)CC1.CNC1CCC(N(Cc2cc(-c3ccc(C(O)C(F)(F)F)cc3)ccc2C)C(=O)c2sc3ccccc3c2Cl)CC1.CNc1ccc(-c2ccc(F)c(CN(C(=O)c3sc4ccccc4c3Cl)C3CCC(NC)CC3)c2)cc1. The number of alkyl halides is 5. The van der Waals surface area contributed by atoms with E-state index in [1.165, 1.54) is 82.2 Å². The summed E-state index contributed by atoms with van der Waals surface area (Å²) in [6.07, 6.45) is 2.95. The summed E-state index contributed by atoms with van der Waals surface area (Å²) in [5, 5.41) is 25.0. The summed E-state index contributed by atoms with van der Waals surface area (Å²) >= 11 is 23.5. The third kappa shape index (κ3) is 20.5. The average molecular weight is 1770 g/mol. The van der Waals surface area contributed by atoms with Crippen molar-refractivity contribution >= 4 is 128 Å². The molecule has 3 saturated carbocycles. The number of hydrogen-bond donors (Lipinski definition) is 5. The number of ketones is 1. The fraction of sp³-hybridized carbons (Fsp3) is 0.319. The van der Waals surface area contributed by atoms with Crippen LogP contribution in [0.5, 0.6) is 0 Å². The molecule has 12 aromatic rings. The van der Waals surface area contributed by atoms with E-state index in [0.717, 1.165) is 147 Å². The number of anilines is 1. The molecule has 0 radical (unpaired) electrons. The second kappa shape index (κ2) is 39.1. The maximum atomic E-state index is 15.3. The number of hydrogen-bond acceptors (Lipinski definition) is 12. The van der Waals surface area contributed by atoms with Crippen LogP contribution in [-0.2, 0) is 19.6 Å². The molecule has 0 spiro atoms. The minimum atomic E-state index is -4.72. The summed E-state index contributed by atoms with van der Waals surface area (Å²) in [4.78, 5) is 60.5. The minimum Gasteiger partial charge on any atom is -0.388 e. The molecule has 3 aromatic heterocycles. The van der Waals surface area contributed by atoms with Crippen molar-refractivity contribution in [2.45, 2.75) is 165 Å². The third-order valence-corrected chi connectivity index (χ3v) is 28.5. The van der Waals surface area contributed by atoms with E-state index in [4.69, 9.17) is 34.8 Å². The summed E-state index contributed by atoms with van der Waals surface area (Å²) in [7, 11) is 7.69. The van der Waals surface area contributed by atoms with Crippen LogP contribution in [0.1, 0.15) is 157 Å². The Morgan fingerprint density at radius 3 is 1.18 bits per heavy atom.